The second kappa shape index (κ2) is 102. The lowest BCUT2D eigenvalue weighted by molar-refractivity contribution is -0.151. The molecule has 0 aliphatic rings. The van der Waals surface area contributed by atoms with Gasteiger partial charge < -0.3 is 126 Å². The third-order valence-electron chi connectivity index (χ3n) is 22.3. The summed E-state index contributed by atoms with van der Waals surface area (Å²) >= 11 is 0. The second-order valence-corrected chi connectivity index (χ2v) is 43.9. The number of amides is 7. The Kier molecular flexibility index (Phi) is 99.3. The van der Waals surface area contributed by atoms with E-state index in [-0.39, 0.29) is 148 Å². The molecular formula is C109H210N7O27P3. The summed E-state index contributed by atoms with van der Waals surface area (Å²) in [6.07, 6.45) is 55.7. The molecule has 8 N–H and O–H groups in total. The molecule has 0 rings (SSSR count). The maximum atomic E-state index is 13.0. The number of unbranched alkanes of at least 4 members (excludes halogenated alkanes) is 36. The average Bonchev–Trinajstić information content (AvgIpc) is 0.920. The van der Waals surface area contributed by atoms with Crippen molar-refractivity contribution in [2.75, 3.05) is 132 Å². The van der Waals surface area contributed by atoms with Crippen molar-refractivity contribution < 1.29 is 127 Å². The Labute approximate surface area is 887 Å². The van der Waals surface area contributed by atoms with Crippen LogP contribution in [0.1, 0.15) is 431 Å². The third-order valence-corrected chi connectivity index (χ3v) is 25.6. The highest BCUT2D eigenvalue weighted by atomic mass is 31.2. The molecule has 0 radical (unpaired) electrons. The van der Waals surface area contributed by atoms with E-state index < -0.39 is 91.1 Å². The van der Waals surface area contributed by atoms with E-state index in [0.717, 1.165) is 141 Å². The van der Waals surface area contributed by atoms with Crippen LogP contribution in [-0.4, -0.2) is 238 Å². The lowest BCUT2D eigenvalue weighted by atomic mass is 10.1. The molecule has 0 spiro atoms. The largest absolute Gasteiger partial charge is 0.462 e. The third kappa shape index (κ3) is 102. The highest BCUT2D eigenvalue weighted by Crippen LogP contribution is 2.42. The molecule has 0 aromatic carbocycles. The molecule has 3 unspecified atom stereocenters. The first kappa shape index (κ1) is 143. The van der Waals surface area contributed by atoms with Gasteiger partial charge in [0.05, 0.1) is 124 Å². The first-order valence-electron chi connectivity index (χ1n) is 56.1. The standard InChI is InChI=1S/C71H136N4O17P2.C38H74N3O10P/c1-13-19-23-27-29-31-33-37-41-45-65(76)89-63(43-39-35-25-21-15-3)47-53-81-57-61(74-68(79)91-70(7,8)9)59-87-93(83-51-17-5)85-55-49-72-67(78)73-50-56-86-94(84-52-18-6)88-60-62(75-69(80)92-71(10,11)12)58-82-54-48-64(44-40-36-26-22-16-4)90-66(77)46-42-38-34-32-30-28-24-20-14-2;1-7-10-12-14-15-16-17-19-21-23-35(43)50-34(22-20-18-13-11-8-2)24-29-46-31-33(41-37(45)51-38(4,5)6)32-49-52(47-28-9-3)48-30-26-40-36(44)39-25-27-42/h17-18,61-64H,5-6,13-16,19-60H2,1-4,7-12H3,(H,74,79)(H,75,80)(H2,72,73,78);9,33-34,42H,3,7-8,10-32H2,1-2,4-6H3,(H,41,45)(H2,39,40,44)/t61-,62-,63-,64-,93?,94?;33-,34+,52?/m11/s1. The molecule has 34 nitrogen and oxygen atoms in total. The van der Waals surface area contributed by atoms with Crippen LogP contribution >= 0.6 is 25.8 Å². The van der Waals surface area contributed by atoms with Gasteiger partial charge in [0.25, 0.3) is 0 Å². The molecule has 0 aliphatic carbocycles. The number of hydrogen-bond donors (Lipinski definition) is 8. The molecule has 0 saturated carbocycles. The van der Waals surface area contributed by atoms with E-state index in [4.69, 9.17) is 88.5 Å². The summed E-state index contributed by atoms with van der Waals surface area (Å²) in [5, 5.41) is 27.9. The Morgan fingerprint density at radius 3 is 0.712 bits per heavy atom. The summed E-state index contributed by atoms with van der Waals surface area (Å²) in [4.78, 5) is 102. The van der Waals surface area contributed by atoms with Crippen molar-refractivity contribution in [1.82, 2.24) is 37.2 Å². The highest BCUT2D eigenvalue weighted by Gasteiger charge is 2.29. The van der Waals surface area contributed by atoms with Crippen LogP contribution in [0.4, 0.5) is 24.0 Å². The summed E-state index contributed by atoms with van der Waals surface area (Å²) in [5.41, 5.74) is -2.19. The van der Waals surface area contributed by atoms with Gasteiger partial charge in [-0.3, -0.25) is 14.4 Å². The molecule has 0 aromatic rings. The predicted octanol–water partition coefficient (Wildman–Crippen LogP) is 26.4. The summed E-state index contributed by atoms with van der Waals surface area (Å²) in [6.45, 7) is 42.4. The first-order valence-corrected chi connectivity index (χ1v) is 59.4. The number of aliphatic hydroxyl groups is 1. The summed E-state index contributed by atoms with van der Waals surface area (Å²) < 4.78 is 106. The van der Waals surface area contributed by atoms with Crippen LogP contribution in [0, 0.1) is 0 Å². The fourth-order valence-corrected chi connectivity index (χ4v) is 17.6. The van der Waals surface area contributed by atoms with Crippen LogP contribution < -0.4 is 37.2 Å². The summed E-state index contributed by atoms with van der Waals surface area (Å²) in [7, 11) is -5.78. The Morgan fingerprint density at radius 2 is 0.493 bits per heavy atom. The van der Waals surface area contributed by atoms with Crippen molar-refractivity contribution in [3.05, 3.63) is 38.0 Å². The van der Waals surface area contributed by atoms with Crippen LogP contribution in [0.15, 0.2) is 38.0 Å². The van der Waals surface area contributed by atoms with E-state index in [2.05, 4.69) is 98.5 Å². The molecule has 9 atom stereocenters. The molecule has 0 aromatic heterocycles. The second-order valence-electron chi connectivity index (χ2n) is 40.2. The molecule has 0 fully saturated rings. The van der Waals surface area contributed by atoms with E-state index in [0.29, 0.717) is 58.3 Å². The number of urea groups is 2. The predicted molar refractivity (Wildman–Crippen MR) is 586 cm³/mol. The van der Waals surface area contributed by atoms with E-state index in [1.165, 1.54) is 148 Å². The van der Waals surface area contributed by atoms with E-state index in [1.807, 2.05) is 0 Å². The highest BCUT2D eigenvalue weighted by molar-refractivity contribution is 7.42. The van der Waals surface area contributed by atoms with Gasteiger partial charge >= 0.3 is 74.1 Å². The molecular weight excluding hydrogens is 1930 g/mol. The zero-order valence-electron chi connectivity index (χ0n) is 93.9. The van der Waals surface area contributed by atoms with Gasteiger partial charge in [-0.05, 0) is 120 Å². The fraction of sp³-hybridized carbons (Fsp3) is 0.872. The summed E-state index contributed by atoms with van der Waals surface area (Å²) in [5.74, 6) is -0.476. The van der Waals surface area contributed by atoms with Crippen molar-refractivity contribution >= 4 is 74.1 Å². The normalized spacial score (nSPS) is 13.5. The fourth-order valence-electron chi connectivity index (χ4n) is 14.6. The number of esters is 3. The molecule has 0 saturated heterocycles. The Morgan fingerprint density at radius 1 is 0.274 bits per heavy atom. The van der Waals surface area contributed by atoms with Crippen LogP contribution in [0.5, 0.6) is 0 Å². The number of alkyl carbamates (subject to hydrolysis) is 3. The zero-order valence-corrected chi connectivity index (χ0v) is 96.6. The number of ether oxygens (including phenoxy) is 9. The number of nitrogens with one attached hydrogen (secondary N) is 7. The van der Waals surface area contributed by atoms with E-state index in [9.17, 15) is 38.4 Å². The topological polar surface area (TPSA) is 407 Å². The SMILES string of the molecule is C=CCOP(OCCNC(=O)NCCO)OC[C@@H](COCC[C@H](CCCCCCC)OC(=O)CCCCCCCCCCC)NC(=O)OC(C)(C)C.C=CCOP(OCCNC(=O)NCCOP(OCC=C)OC[C@@H](COCC[C@@H](CCCCCCC)OC(=O)CCCCCCCCCCC)NC(=O)OC(C)(C)C)OC[C@@H](COCC[C@@H](CCCCCCC)OC(=O)CCCCCCCCCCC)NC(=O)OC(C)(C)C. The first-order chi connectivity index (χ1) is 70.3. The van der Waals surface area contributed by atoms with Gasteiger partial charge in [0.1, 0.15) is 35.1 Å². The van der Waals surface area contributed by atoms with Gasteiger partial charge in [-0.15, -0.1) is 19.7 Å². The van der Waals surface area contributed by atoms with Gasteiger partial charge in [-0.1, -0.05) is 291 Å². The number of aliphatic hydroxyl groups excluding tert-OH is 1. The number of hydrogen-bond acceptors (Lipinski definition) is 27. The molecule has 7 amide bonds. The van der Waals surface area contributed by atoms with Gasteiger partial charge in [0.2, 0.25) is 0 Å². The van der Waals surface area contributed by atoms with E-state index in [1.54, 1.807) is 80.5 Å². The van der Waals surface area contributed by atoms with Crippen LogP contribution in [0.25, 0.3) is 0 Å². The molecule has 0 heterocycles. The molecule has 146 heavy (non-hydrogen) atoms. The molecule has 37 heteroatoms. The lowest BCUT2D eigenvalue weighted by Crippen LogP contribution is -2.44. The lowest BCUT2D eigenvalue weighted by Gasteiger charge is -2.25. The van der Waals surface area contributed by atoms with Crippen LogP contribution in [0.3, 0.4) is 0 Å². The minimum atomic E-state index is -1.97. The molecule has 0 aliphatic heterocycles. The average molecular weight is 2140 g/mol. The van der Waals surface area contributed by atoms with Crippen molar-refractivity contribution in [1.29, 1.82) is 0 Å². The molecule has 0 bridgehead atoms. The van der Waals surface area contributed by atoms with E-state index >= 15 is 0 Å². The van der Waals surface area contributed by atoms with Gasteiger partial charge in [0, 0.05) is 64.7 Å². The number of rotatable bonds is 101. The van der Waals surface area contributed by atoms with Gasteiger partial charge in [-0.2, -0.15) is 0 Å². The Balaban J connectivity index is 0. The molecule has 858 valence electrons. The summed E-state index contributed by atoms with van der Waals surface area (Å²) in [6, 6.07) is -2.84. The minimum absolute atomic E-state index is 0.00108. The van der Waals surface area contributed by atoms with Crippen molar-refractivity contribution in [2.45, 2.75) is 485 Å². The van der Waals surface area contributed by atoms with Gasteiger partial charge in [0.15, 0.2) is 0 Å². The van der Waals surface area contributed by atoms with Gasteiger partial charge in [-0.25, -0.2) is 24.0 Å². The minimum Gasteiger partial charge on any atom is -0.462 e. The quantitative estimate of drug-likeness (QED) is 0.00921. The Hall–Kier alpha value is -5.25. The maximum absolute atomic E-state index is 13.0. The monoisotopic (exact) mass is 2140 g/mol. The zero-order chi connectivity index (χ0) is 108. The maximum Gasteiger partial charge on any atom is 0.408 e. The van der Waals surface area contributed by atoms with Crippen LogP contribution in [0.2, 0.25) is 0 Å². The van der Waals surface area contributed by atoms with Crippen molar-refractivity contribution in [3.8, 4) is 0 Å². The Bertz CT molecular complexity index is 2990. The number of carbonyl (C=O) groups excluding carboxylic acids is 8. The smallest absolute Gasteiger partial charge is 0.408 e. The van der Waals surface area contributed by atoms with Crippen molar-refractivity contribution in [2.24, 2.45) is 0 Å². The van der Waals surface area contributed by atoms with Crippen LogP contribution in [-0.2, 0) is 97.7 Å². The van der Waals surface area contributed by atoms with Crippen molar-refractivity contribution in [3.63, 3.8) is 0 Å². The number of carbonyl (C=O) groups is 8.